The van der Waals surface area contributed by atoms with Crippen LogP contribution in [0, 0.1) is 130 Å². The Labute approximate surface area is 691 Å². The van der Waals surface area contributed by atoms with Gasteiger partial charge in [0.15, 0.2) is 11.6 Å². The number of unbranched alkanes of at least 4 members (excludes halogenated alkanes) is 20. The van der Waals surface area contributed by atoms with Gasteiger partial charge in [0, 0.05) is 37.6 Å². The fraction of sp³-hybridized carbons (Fsp3) is 0.943. The molecule has 0 amide bonds. The van der Waals surface area contributed by atoms with E-state index >= 15 is 0 Å². The lowest BCUT2D eigenvalue weighted by molar-refractivity contribution is -0.137. The summed E-state index contributed by atoms with van der Waals surface area (Å²) in [6, 6.07) is 0. The van der Waals surface area contributed by atoms with Gasteiger partial charge in [0.05, 0.1) is 24.4 Å². The molecule has 13 rings (SSSR count). The molecule has 0 heterocycles. The van der Waals surface area contributed by atoms with Gasteiger partial charge in [0.1, 0.15) is 0 Å². The molecule has 0 bridgehead atoms. The minimum absolute atomic E-state index is 0.188. The molecule has 0 saturated heterocycles. The van der Waals surface area contributed by atoms with Gasteiger partial charge in [-0.1, -0.05) is 220 Å². The molecule has 13 aliphatic rings. The number of carbonyl (C=O) groups excluding carboxylic acids is 2. The molecule has 13 aliphatic carbocycles. The van der Waals surface area contributed by atoms with Crippen LogP contribution in [0.2, 0.25) is 0 Å². The number of carbonyl (C=O) groups is 2. The number of hydrogen-bond donors (Lipinski definition) is 0. The molecule has 0 N–H and O–H groups in total. The van der Waals surface area contributed by atoms with Gasteiger partial charge in [-0.3, -0.25) is 9.59 Å². The average molecular weight is 1550 g/mol. The van der Waals surface area contributed by atoms with Gasteiger partial charge in [0.2, 0.25) is 0 Å². The van der Waals surface area contributed by atoms with Gasteiger partial charge >= 0.3 is 0 Å². The molecule has 112 heavy (non-hydrogen) atoms. The van der Waals surface area contributed by atoms with Gasteiger partial charge in [-0.15, -0.1) is 0 Å². The summed E-state index contributed by atoms with van der Waals surface area (Å²) in [5.41, 5.74) is 1.74. The molecule has 0 aromatic heterocycles. The molecule has 12 fully saturated rings. The summed E-state index contributed by atoms with van der Waals surface area (Å²) < 4.78 is 29.3. The van der Waals surface area contributed by atoms with Crippen molar-refractivity contribution in [3.8, 4) is 0 Å². The molecule has 6 heteroatoms. The van der Waals surface area contributed by atoms with Crippen molar-refractivity contribution in [2.75, 3.05) is 26.4 Å². The number of hydrogen-bond acceptors (Lipinski definition) is 6. The van der Waals surface area contributed by atoms with Crippen LogP contribution < -0.4 is 0 Å². The van der Waals surface area contributed by atoms with Gasteiger partial charge in [0.25, 0.3) is 0 Å². The first-order valence-corrected chi connectivity index (χ1v) is 52.2. The summed E-state index contributed by atoms with van der Waals surface area (Å²) >= 11 is 0. The molecule has 640 valence electrons. The topological polar surface area (TPSA) is 71.1 Å². The highest BCUT2D eigenvalue weighted by Crippen LogP contribution is 2.58. The monoisotopic (exact) mass is 1550 g/mol. The second kappa shape index (κ2) is 47.8. The molecular formula is C106H180O6. The van der Waals surface area contributed by atoms with Crippen LogP contribution >= 0.6 is 0 Å². The van der Waals surface area contributed by atoms with E-state index in [0.717, 1.165) is 158 Å². The summed E-state index contributed by atoms with van der Waals surface area (Å²) in [5, 5.41) is 0. The second-order valence-corrected chi connectivity index (χ2v) is 42.8. The van der Waals surface area contributed by atoms with E-state index in [9.17, 15) is 9.59 Å². The Morgan fingerprint density at radius 2 is 0.429 bits per heavy atom. The van der Waals surface area contributed by atoms with Crippen molar-refractivity contribution >= 4 is 11.6 Å². The summed E-state index contributed by atoms with van der Waals surface area (Å²) in [6.07, 6.45) is 95.8. The quantitative estimate of drug-likeness (QED) is 0.0448. The minimum atomic E-state index is 0.188. The number of ketones is 2. The minimum Gasteiger partial charge on any atom is -0.378 e. The van der Waals surface area contributed by atoms with E-state index in [1.807, 2.05) is 12.2 Å². The third kappa shape index (κ3) is 25.0. The van der Waals surface area contributed by atoms with E-state index in [1.54, 1.807) is 0 Å². The predicted octanol–water partition coefficient (Wildman–Crippen LogP) is 30.1. The van der Waals surface area contributed by atoms with Crippen molar-refractivity contribution in [3.63, 3.8) is 0 Å². The Hall–Kier alpha value is -1.34. The molecule has 14 unspecified atom stereocenters. The van der Waals surface area contributed by atoms with Gasteiger partial charge in [-0.05, 0) is 373 Å². The number of fused-ring (bicyclic) bond motifs is 2. The van der Waals surface area contributed by atoms with Crippen molar-refractivity contribution < 1.29 is 28.5 Å². The highest BCUT2D eigenvalue weighted by Gasteiger charge is 2.52. The molecule has 14 atom stereocenters. The van der Waals surface area contributed by atoms with Crippen LogP contribution in [-0.4, -0.2) is 62.4 Å². The van der Waals surface area contributed by atoms with Crippen LogP contribution in [0.25, 0.3) is 0 Å². The molecule has 0 radical (unpaired) electrons. The van der Waals surface area contributed by atoms with Crippen LogP contribution in [-0.2, 0) is 28.5 Å². The number of allylic oxidation sites excluding steroid dienone is 4. The Kier molecular flexibility index (Phi) is 37.7. The molecule has 0 aromatic carbocycles. The predicted molar refractivity (Wildman–Crippen MR) is 469 cm³/mol. The molecule has 0 aromatic rings. The number of rotatable bonds is 42. The van der Waals surface area contributed by atoms with Crippen molar-refractivity contribution in [1.29, 1.82) is 0 Å². The smallest absolute Gasteiger partial charge is 0.182 e. The van der Waals surface area contributed by atoms with E-state index < -0.39 is 0 Å². The van der Waals surface area contributed by atoms with E-state index in [-0.39, 0.29) is 23.4 Å². The van der Waals surface area contributed by atoms with E-state index in [4.69, 9.17) is 18.9 Å². The molecule has 12 saturated carbocycles. The van der Waals surface area contributed by atoms with Gasteiger partial charge < -0.3 is 18.9 Å². The Balaban J connectivity index is 0.531. The van der Waals surface area contributed by atoms with Crippen LogP contribution in [0.4, 0.5) is 0 Å². The summed E-state index contributed by atoms with van der Waals surface area (Å²) in [6.45, 7) is 13.3. The fourth-order valence-corrected chi connectivity index (χ4v) is 29.8. The second-order valence-electron chi connectivity index (χ2n) is 42.8. The Bertz CT molecular complexity index is 2480. The third-order valence-electron chi connectivity index (χ3n) is 36.3. The SMILES string of the molecule is CCCCCCCCOC1CC(C2CCCC3CCCCC32)C(OCCCCCCCC)CC1C1CCC(C2CCC(C3CCC(C4=CC(=O)C(C5CCC(C6CCC(C7CCC(C8CC(OCCCCCCCC)C(C9CCCC%10CCCCC%109)CC8OCCCCCCCC)CC7)CC6)CC5)=CC4=O)CC3)CC2)CC1. The maximum Gasteiger partial charge on any atom is 0.182 e. The lowest BCUT2D eigenvalue weighted by Gasteiger charge is -2.52. The zero-order valence-electron chi connectivity index (χ0n) is 74.1. The zero-order chi connectivity index (χ0) is 77.1. The van der Waals surface area contributed by atoms with Gasteiger partial charge in [-0.2, -0.15) is 0 Å². The zero-order valence-corrected chi connectivity index (χ0v) is 74.1. The first-order chi connectivity index (χ1) is 55.2. The van der Waals surface area contributed by atoms with Crippen molar-refractivity contribution in [3.05, 3.63) is 23.3 Å². The van der Waals surface area contributed by atoms with Crippen LogP contribution in [0.5, 0.6) is 0 Å². The molecular weight excluding hydrogens is 1370 g/mol. The lowest BCUT2D eigenvalue weighted by atomic mass is 9.57. The molecule has 6 nitrogen and oxygen atoms in total. The van der Waals surface area contributed by atoms with Crippen LogP contribution in [0.15, 0.2) is 23.3 Å². The molecule has 0 aliphatic heterocycles. The summed E-state index contributed by atoms with van der Waals surface area (Å²) in [5.74, 6) is 17.8. The standard InChI is InChI=1S/C106H180O6/c1-5-9-13-17-21-29-67-109-103-75-99(93-41-33-37-85-35-25-27-39-91(85)93)105(111-69-31-23-19-15-11-7-3)73-97(103)89-63-55-83(56-64-89)79-47-43-77(44-48-79)81-51-59-87(60-52-81)95-71-102(108)96(72-101(95)107)88-61-53-82(54-62-88)78-45-49-80(50-46-78)84-57-65-90(66-58-84)98-74-106(112-70-32-24-20-16-12-8-4)100(76-104(98)110-68-30-22-18-14-10-6-2)94-42-34-38-86-36-26-28-40-92(86)94/h71-72,77-94,97-100,103-106H,5-70,73-76H2,1-4H3. The third-order valence-corrected chi connectivity index (χ3v) is 36.3. The van der Waals surface area contributed by atoms with Crippen molar-refractivity contribution in [2.45, 2.75) is 476 Å². The normalized spacial score (nSPS) is 39.2. The first-order valence-electron chi connectivity index (χ1n) is 52.2. The van der Waals surface area contributed by atoms with E-state index in [2.05, 4.69) is 27.7 Å². The van der Waals surface area contributed by atoms with E-state index in [1.165, 1.54) is 398 Å². The highest BCUT2D eigenvalue weighted by molar-refractivity contribution is 6.20. The molecule has 0 spiro atoms. The van der Waals surface area contributed by atoms with Crippen molar-refractivity contribution in [1.82, 2.24) is 0 Å². The van der Waals surface area contributed by atoms with E-state index in [0.29, 0.717) is 48.1 Å². The maximum absolute atomic E-state index is 14.2. The maximum atomic E-state index is 14.2. The van der Waals surface area contributed by atoms with Crippen LogP contribution in [0.1, 0.15) is 451 Å². The summed E-state index contributed by atoms with van der Waals surface area (Å²) in [4.78, 5) is 28.5. The number of ether oxygens (including phenoxy) is 4. The Morgan fingerprint density at radius 1 is 0.214 bits per heavy atom. The lowest BCUT2D eigenvalue weighted by Crippen LogP contribution is -2.50. The van der Waals surface area contributed by atoms with Crippen LogP contribution in [0.3, 0.4) is 0 Å². The Morgan fingerprint density at radius 3 is 0.723 bits per heavy atom. The van der Waals surface area contributed by atoms with Gasteiger partial charge in [-0.25, -0.2) is 0 Å². The average Bonchev–Trinajstić information content (AvgIpc) is 0.777. The first kappa shape index (κ1) is 88.4. The fourth-order valence-electron chi connectivity index (χ4n) is 29.8. The van der Waals surface area contributed by atoms with Crippen molar-refractivity contribution in [2.24, 2.45) is 130 Å². The summed E-state index contributed by atoms with van der Waals surface area (Å²) in [7, 11) is 0. The largest absolute Gasteiger partial charge is 0.378 e. The highest BCUT2D eigenvalue weighted by atomic mass is 16.5.